The number of halogens is 2. The zero-order valence-electron chi connectivity index (χ0n) is 14.6. The van der Waals surface area contributed by atoms with Crippen LogP contribution in [0.4, 0.5) is 0 Å². The summed E-state index contributed by atoms with van der Waals surface area (Å²) in [6, 6.07) is -0.408. The van der Waals surface area contributed by atoms with Gasteiger partial charge in [-0.15, -0.1) is 24.8 Å². The van der Waals surface area contributed by atoms with E-state index < -0.39 is 6.04 Å². The van der Waals surface area contributed by atoms with Gasteiger partial charge in [0, 0.05) is 44.1 Å². The molecule has 3 aliphatic heterocycles. The summed E-state index contributed by atoms with van der Waals surface area (Å²) in [6.45, 7) is 5.66. The van der Waals surface area contributed by atoms with Crippen molar-refractivity contribution < 1.29 is 14.3 Å². The molecule has 0 saturated carbocycles. The number of ether oxygens (including phenoxy) is 2. The fourth-order valence-corrected chi connectivity index (χ4v) is 5.27. The van der Waals surface area contributed by atoms with Gasteiger partial charge in [0.25, 0.3) is 0 Å². The third-order valence-corrected chi connectivity index (χ3v) is 6.67. The molecule has 3 heterocycles. The third kappa shape index (κ3) is 5.86. The summed E-state index contributed by atoms with van der Waals surface area (Å²) in [4.78, 5) is 15.0. The van der Waals surface area contributed by atoms with E-state index in [-0.39, 0.29) is 42.2 Å². The van der Waals surface area contributed by atoms with Crippen LogP contribution in [0, 0.1) is 5.92 Å². The molecule has 3 rings (SSSR count). The Balaban J connectivity index is 0.00000156. The van der Waals surface area contributed by atoms with Gasteiger partial charge in [0.15, 0.2) is 0 Å². The predicted molar refractivity (Wildman–Crippen MR) is 106 cm³/mol. The van der Waals surface area contributed by atoms with E-state index in [4.69, 9.17) is 15.2 Å². The monoisotopic (exact) mass is 415 g/mol. The molecule has 9 heteroatoms. The number of nitrogens with zero attached hydrogens (tertiary/aromatic N) is 1. The minimum atomic E-state index is -0.408. The molecule has 3 N–H and O–H groups in total. The summed E-state index contributed by atoms with van der Waals surface area (Å²) in [5.41, 5.74) is 6.27. The first-order valence-corrected chi connectivity index (χ1v) is 9.88. The largest absolute Gasteiger partial charge is 0.381 e. The number of carbonyl (C=O) groups excluding carboxylic acids is 1. The maximum absolute atomic E-state index is 12.5. The van der Waals surface area contributed by atoms with Gasteiger partial charge in [0.1, 0.15) is 0 Å². The molecule has 0 aromatic rings. The molecule has 2 unspecified atom stereocenters. The molecule has 0 radical (unpaired) electrons. The topological polar surface area (TPSA) is 76.8 Å². The van der Waals surface area contributed by atoms with Crippen molar-refractivity contribution in [1.29, 1.82) is 0 Å². The Labute approximate surface area is 167 Å². The first-order valence-electron chi connectivity index (χ1n) is 8.73. The minimum absolute atomic E-state index is 0. The number of amides is 1. The van der Waals surface area contributed by atoms with E-state index in [2.05, 4.69) is 10.2 Å². The Kier molecular flexibility index (Phi) is 10.4. The standard InChI is InChI=1S/C16H29N3O3S.2ClH/c17-14(13-1-6-21-7-2-13)15(20)18-11-16(3-10-23-12-16)19-4-8-22-9-5-19;;/h13-14H,1-12,17H2,(H,18,20);2*1H. The van der Waals surface area contributed by atoms with E-state index in [0.29, 0.717) is 6.54 Å². The third-order valence-electron chi connectivity index (χ3n) is 5.43. The van der Waals surface area contributed by atoms with Crippen molar-refractivity contribution >= 4 is 42.5 Å². The van der Waals surface area contributed by atoms with Gasteiger partial charge in [-0.1, -0.05) is 0 Å². The number of hydrogen-bond donors (Lipinski definition) is 2. The Morgan fingerprint density at radius 1 is 1.20 bits per heavy atom. The van der Waals surface area contributed by atoms with Crippen LogP contribution >= 0.6 is 36.6 Å². The lowest BCUT2D eigenvalue weighted by Crippen LogP contribution is -2.60. The second-order valence-corrected chi connectivity index (χ2v) is 7.92. The van der Waals surface area contributed by atoms with Crippen LogP contribution in [0.15, 0.2) is 0 Å². The van der Waals surface area contributed by atoms with Gasteiger partial charge in [0.2, 0.25) is 5.91 Å². The van der Waals surface area contributed by atoms with E-state index in [1.165, 1.54) is 5.75 Å². The lowest BCUT2D eigenvalue weighted by molar-refractivity contribution is -0.125. The van der Waals surface area contributed by atoms with Crippen molar-refractivity contribution in [2.24, 2.45) is 11.7 Å². The molecule has 1 amide bonds. The van der Waals surface area contributed by atoms with Crippen molar-refractivity contribution in [3.05, 3.63) is 0 Å². The van der Waals surface area contributed by atoms with Gasteiger partial charge in [-0.2, -0.15) is 11.8 Å². The second-order valence-electron chi connectivity index (χ2n) is 6.82. The number of hydrogen-bond acceptors (Lipinski definition) is 6. The van der Waals surface area contributed by atoms with Crippen molar-refractivity contribution in [2.75, 3.05) is 57.6 Å². The smallest absolute Gasteiger partial charge is 0.237 e. The average molecular weight is 416 g/mol. The fourth-order valence-electron chi connectivity index (χ4n) is 3.79. The summed E-state index contributed by atoms with van der Waals surface area (Å²) in [5, 5.41) is 3.16. The normalized spacial score (nSPS) is 29.3. The SMILES string of the molecule is Cl.Cl.NC(C(=O)NCC1(N2CCOCC2)CCSC1)C1CCOCC1. The Morgan fingerprint density at radius 3 is 2.44 bits per heavy atom. The number of nitrogens with one attached hydrogen (secondary N) is 1. The van der Waals surface area contributed by atoms with E-state index in [0.717, 1.165) is 64.5 Å². The van der Waals surface area contributed by atoms with Crippen LogP contribution in [0.3, 0.4) is 0 Å². The Bertz CT molecular complexity index is 402. The summed E-state index contributed by atoms with van der Waals surface area (Å²) in [7, 11) is 0. The fraction of sp³-hybridized carbons (Fsp3) is 0.938. The lowest BCUT2D eigenvalue weighted by atomic mass is 9.91. The van der Waals surface area contributed by atoms with Gasteiger partial charge in [-0.05, 0) is 30.9 Å². The lowest BCUT2D eigenvalue weighted by Gasteiger charge is -2.43. The molecular weight excluding hydrogens is 385 g/mol. The first-order chi connectivity index (χ1) is 11.2. The molecule has 25 heavy (non-hydrogen) atoms. The molecule has 3 fully saturated rings. The van der Waals surface area contributed by atoms with Crippen molar-refractivity contribution in [3.8, 4) is 0 Å². The molecule has 0 aromatic heterocycles. The molecule has 6 nitrogen and oxygen atoms in total. The maximum atomic E-state index is 12.5. The highest BCUT2D eigenvalue weighted by atomic mass is 35.5. The van der Waals surface area contributed by atoms with Crippen LogP contribution in [-0.4, -0.2) is 80.0 Å². The molecule has 0 aliphatic carbocycles. The van der Waals surface area contributed by atoms with Crippen LogP contribution in [0.25, 0.3) is 0 Å². The highest BCUT2D eigenvalue weighted by Crippen LogP contribution is 2.33. The highest BCUT2D eigenvalue weighted by Gasteiger charge is 2.41. The van der Waals surface area contributed by atoms with Crippen LogP contribution < -0.4 is 11.1 Å². The van der Waals surface area contributed by atoms with Gasteiger partial charge < -0.3 is 20.5 Å². The molecule has 0 aromatic carbocycles. The van der Waals surface area contributed by atoms with Crippen molar-refractivity contribution in [2.45, 2.75) is 30.8 Å². The summed E-state index contributed by atoms with van der Waals surface area (Å²) in [5.74, 6) is 2.50. The summed E-state index contributed by atoms with van der Waals surface area (Å²) >= 11 is 1.98. The second kappa shape index (κ2) is 11.2. The predicted octanol–water partition coefficient (Wildman–Crippen LogP) is 0.908. The number of morpholine rings is 1. The zero-order valence-corrected chi connectivity index (χ0v) is 17.1. The van der Waals surface area contributed by atoms with E-state index in [1.807, 2.05) is 11.8 Å². The van der Waals surface area contributed by atoms with Crippen LogP contribution in [0.2, 0.25) is 0 Å². The minimum Gasteiger partial charge on any atom is -0.381 e. The van der Waals surface area contributed by atoms with E-state index >= 15 is 0 Å². The van der Waals surface area contributed by atoms with Gasteiger partial charge in [-0.3, -0.25) is 9.69 Å². The van der Waals surface area contributed by atoms with E-state index in [1.54, 1.807) is 0 Å². The zero-order chi connectivity index (χ0) is 16.1. The number of carbonyl (C=O) groups is 1. The number of nitrogens with two attached hydrogens (primary N) is 1. The highest BCUT2D eigenvalue weighted by molar-refractivity contribution is 7.99. The molecule has 148 valence electrons. The number of rotatable bonds is 5. The average Bonchev–Trinajstić information content (AvgIpc) is 3.11. The van der Waals surface area contributed by atoms with Crippen molar-refractivity contribution in [1.82, 2.24) is 10.2 Å². The van der Waals surface area contributed by atoms with Crippen molar-refractivity contribution in [3.63, 3.8) is 0 Å². The van der Waals surface area contributed by atoms with Crippen LogP contribution in [-0.2, 0) is 14.3 Å². The molecule has 3 saturated heterocycles. The molecule has 0 bridgehead atoms. The van der Waals surface area contributed by atoms with Crippen LogP contribution in [0.5, 0.6) is 0 Å². The van der Waals surface area contributed by atoms with Crippen LogP contribution in [0.1, 0.15) is 19.3 Å². The Morgan fingerprint density at radius 2 is 1.84 bits per heavy atom. The molecular formula is C16H31Cl2N3O3S. The molecule has 3 aliphatic rings. The quantitative estimate of drug-likeness (QED) is 0.694. The van der Waals surface area contributed by atoms with Gasteiger partial charge in [-0.25, -0.2) is 0 Å². The summed E-state index contributed by atoms with van der Waals surface area (Å²) < 4.78 is 10.8. The van der Waals surface area contributed by atoms with Gasteiger partial charge >= 0.3 is 0 Å². The summed E-state index contributed by atoms with van der Waals surface area (Å²) in [6.07, 6.45) is 2.91. The number of thioether (sulfide) groups is 1. The van der Waals surface area contributed by atoms with E-state index in [9.17, 15) is 4.79 Å². The Hall–Kier alpha value is 0.240. The first kappa shape index (κ1) is 23.3. The molecule has 0 spiro atoms. The molecule has 2 atom stereocenters. The maximum Gasteiger partial charge on any atom is 0.237 e. The van der Waals surface area contributed by atoms with Gasteiger partial charge in [0.05, 0.1) is 19.3 Å².